The van der Waals surface area contributed by atoms with Gasteiger partial charge in [0.1, 0.15) is 0 Å². The van der Waals surface area contributed by atoms with Crippen LogP contribution in [0.3, 0.4) is 0 Å². The van der Waals surface area contributed by atoms with Gasteiger partial charge in [-0.2, -0.15) is 0 Å². The highest BCUT2D eigenvalue weighted by molar-refractivity contribution is 7.58. The van der Waals surface area contributed by atoms with Crippen LogP contribution in [0.4, 0.5) is 0 Å². The second-order valence-corrected chi connectivity index (χ2v) is 6.17. The van der Waals surface area contributed by atoms with Gasteiger partial charge in [-0.05, 0) is 12.3 Å². The zero-order valence-corrected chi connectivity index (χ0v) is 9.76. The number of benzene rings is 1. The highest BCUT2D eigenvalue weighted by atomic mass is 31.1. The lowest BCUT2D eigenvalue weighted by Crippen LogP contribution is -2.05. The predicted molar refractivity (Wildman–Crippen MR) is 63.6 cm³/mol. The monoisotopic (exact) mass is 208 g/mol. The summed E-state index contributed by atoms with van der Waals surface area (Å²) in [6, 6.07) is 9.60. The Labute approximate surface area is 87.3 Å². The van der Waals surface area contributed by atoms with Gasteiger partial charge in [-0.25, -0.2) is 0 Å². The third-order valence-electron chi connectivity index (χ3n) is 2.36. The average Bonchev–Trinajstić information content (AvgIpc) is 2.26. The predicted octanol–water partition coefficient (Wildman–Crippen LogP) is 3.39. The first kappa shape index (κ1) is 11.4. The molecule has 0 atom stereocenters. The molecule has 0 unspecified atom stereocenters. The molecule has 1 rings (SSSR count). The second-order valence-electron chi connectivity index (χ2n) is 3.25. The van der Waals surface area contributed by atoms with Crippen LogP contribution in [0.1, 0.15) is 24.2 Å². The Kier molecular flexibility index (Phi) is 4.82. The summed E-state index contributed by atoms with van der Waals surface area (Å²) in [6.45, 7) is 4.35. The van der Waals surface area contributed by atoms with Crippen molar-refractivity contribution in [3.63, 3.8) is 0 Å². The molecular formula is C12H17OP. The van der Waals surface area contributed by atoms with Gasteiger partial charge in [0.25, 0.3) is 0 Å². The van der Waals surface area contributed by atoms with Crippen molar-refractivity contribution < 1.29 is 4.79 Å². The summed E-state index contributed by atoms with van der Waals surface area (Å²) in [7, 11) is -0.0688. The molecule has 0 N–H and O–H groups in total. The number of rotatable bonds is 5. The Balaban J connectivity index is 2.59. The van der Waals surface area contributed by atoms with Gasteiger partial charge in [-0.3, -0.25) is 4.79 Å². The van der Waals surface area contributed by atoms with E-state index in [0.717, 1.165) is 24.0 Å². The smallest absolute Gasteiger partial charge is 0.167 e. The molecule has 76 valence electrons. The van der Waals surface area contributed by atoms with Gasteiger partial charge in [-0.1, -0.05) is 52.1 Å². The van der Waals surface area contributed by atoms with Crippen LogP contribution in [-0.4, -0.2) is 24.3 Å². The summed E-state index contributed by atoms with van der Waals surface area (Å²) in [5.74, 6) is 0.306. The molecule has 0 saturated carbocycles. The average molecular weight is 208 g/mol. The Morgan fingerprint density at radius 1 is 1.14 bits per heavy atom. The van der Waals surface area contributed by atoms with E-state index < -0.39 is 0 Å². The molecule has 2 heteroatoms. The molecule has 0 spiro atoms. The minimum atomic E-state index is -0.0688. The fourth-order valence-corrected chi connectivity index (χ4v) is 2.85. The maximum atomic E-state index is 11.8. The van der Waals surface area contributed by atoms with Crippen molar-refractivity contribution in [2.45, 2.75) is 13.8 Å². The summed E-state index contributed by atoms with van der Waals surface area (Å²) < 4.78 is 0. The molecule has 0 saturated heterocycles. The molecule has 0 aliphatic rings. The van der Waals surface area contributed by atoms with Crippen LogP contribution in [-0.2, 0) is 0 Å². The molecule has 0 aromatic heterocycles. The van der Waals surface area contributed by atoms with Gasteiger partial charge in [0.15, 0.2) is 5.78 Å². The SMILES string of the molecule is CCP(CC)CC(=O)c1ccccc1. The first-order valence-corrected chi connectivity index (χ1v) is 6.98. The van der Waals surface area contributed by atoms with E-state index >= 15 is 0 Å². The maximum Gasteiger partial charge on any atom is 0.167 e. The topological polar surface area (TPSA) is 17.1 Å². The molecule has 14 heavy (non-hydrogen) atoms. The van der Waals surface area contributed by atoms with E-state index in [1.54, 1.807) is 0 Å². The van der Waals surface area contributed by atoms with Crippen molar-refractivity contribution in [1.82, 2.24) is 0 Å². The Hall–Kier alpha value is -0.680. The van der Waals surface area contributed by atoms with E-state index in [2.05, 4.69) is 13.8 Å². The highest BCUT2D eigenvalue weighted by Gasteiger charge is 2.10. The largest absolute Gasteiger partial charge is 0.294 e. The van der Waals surface area contributed by atoms with Gasteiger partial charge in [-0.15, -0.1) is 0 Å². The van der Waals surface area contributed by atoms with Crippen LogP contribution in [0, 0.1) is 0 Å². The molecule has 0 bridgehead atoms. The number of carbonyl (C=O) groups excluding carboxylic acids is 1. The standard InChI is InChI=1S/C12H17OP/c1-3-14(4-2)10-12(13)11-8-6-5-7-9-11/h5-9H,3-4,10H2,1-2H3. The van der Waals surface area contributed by atoms with Gasteiger partial charge in [0.2, 0.25) is 0 Å². The van der Waals surface area contributed by atoms with Gasteiger partial charge in [0.05, 0.1) is 0 Å². The van der Waals surface area contributed by atoms with Gasteiger partial charge < -0.3 is 0 Å². The maximum absolute atomic E-state index is 11.8. The third kappa shape index (κ3) is 3.23. The lowest BCUT2D eigenvalue weighted by Gasteiger charge is -2.11. The van der Waals surface area contributed by atoms with Gasteiger partial charge >= 0.3 is 0 Å². The fraction of sp³-hybridized carbons (Fsp3) is 0.417. The van der Waals surface area contributed by atoms with E-state index in [1.165, 1.54) is 0 Å². The summed E-state index contributed by atoms with van der Waals surface area (Å²) in [4.78, 5) is 11.8. The van der Waals surface area contributed by atoms with E-state index in [4.69, 9.17) is 0 Å². The molecule has 0 aliphatic carbocycles. The van der Waals surface area contributed by atoms with Crippen molar-refractivity contribution in [2.75, 3.05) is 18.5 Å². The molecule has 0 radical (unpaired) electrons. The van der Waals surface area contributed by atoms with Crippen molar-refractivity contribution >= 4 is 13.7 Å². The molecule has 0 aliphatic heterocycles. The van der Waals surface area contributed by atoms with Gasteiger partial charge in [0, 0.05) is 11.7 Å². The van der Waals surface area contributed by atoms with Crippen LogP contribution in [0.15, 0.2) is 30.3 Å². The van der Waals surface area contributed by atoms with Crippen LogP contribution in [0.25, 0.3) is 0 Å². The second kappa shape index (κ2) is 5.93. The summed E-state index contributed by atoms with van der Waals surface area (Å²) in [6.07, 6.45) is 3.07. The Morgan fingerprint density at radius 2 is 1.71 bits per heavy atom. The fourth-order valence-electron chi connectivity index (χ4n) is 1.37. The lowest BCUT2D eigenvalue weighted by atomic mass is 10.2. The zero-order chi connectivity index (χ0) is 10.4. The zero-order valence-electron chi connectivity index (χ0n) is 8.86. The van der Waals surface area contributed by atoms with Crippen molar-refractivity contribution in [3.8, 4) is 0 Å². The molecule has 0 amide bonds. The molecule has 1 aromatic rings. The van der Waals surface area contributed by atoms with Crippen LogP contribution < -0.4 is 0 Å². The normalized spacial score (nSPS) is 10.5. The number of hydrogen-bond donors (Lipinski definition) is 0. The summed E-state index contributed by atoms with van der Waals surface area (Å²) >= 11 is 0. The summed E-state index contributed by atoms with van der Waals surface area (Å²) in [5, 5.41) is 0. The van der Waals surface area contributed by atoms with E-state index in [1.807, 2.05) is 30.3 Å². The third-order valence-corrected chi connectivity index (χ3v) is 4.88. The first-order chi connectivity index (χ1) is 6.77. The minimum absolute atomic E-state index is 0.0688. The molecule has 0 heterocycles. The van der Waals surface area contributed by atoms with Crippen molar-refractivity contribution in [2.24, 2.45) is 0 Å². The molecule has 1 nitrogen and oxygen atoms in total. The van der Waals surface area contributed by atoms with E-state index in [9.17, 15) is 4.79 Å². The molecular weight excluding hydrogens is 191 g/mol. The first-order valence-electron chi connectivity index (χ1n) is 5.08. The Bertz CT molecular complexity index is 278. The number of Topliss-reactive ketones (excluding diaryl/α,β-unsaturated/α-hetero) is 1. The van der Waals surface area contributed by atoms with Crippen molar-refractivity contribution in [1.29, 1.82) is 0 Å². The quantitative estimate of drug-likeness (QED) is 0.535. The van der Waals surface area contributed by atoms with E-state index in [0.29, 0.717) is 5.78 Å². The Morgan fingerprint density at radius 3 is 2.21 bits per heavy atom. The lowest BCUT2D eigenvalue weighted by molar-refractivity contribution is 0.102. The van der Waals surface area contributed by atoms with Crippen molar-refractivity contribution in [3.05, 3.63) is 35.9 Å². The molecule has 1 aromatic carbocycles. The van der Waals surface area contributed by atoms with E-state index in [-0.39, 0.29) is 7.92 Å². The van der Waals surface area contributed by atoms with Crippen LogP contribution >= 0.6 is 7.92 Å². The number of ketones is 1. The van der Waals surface area contributed by atoms with Crippen LogP contribution in [0.5, 0.6) is 0 Å². The minimum Gasteiger partial charge on any atom is -0.294 e. The summed E-state index contributed by atoms with van der Waals surface area (Å²) in [5.41, 5.74) is 0.863. The highest BCUT2D eigenvalue weighted by Crippen LogP contribution is 2.34. The molecule has 0 fully saturated rings. The number of carbonyl (C=O) groups is 1. The number of hydrogen-bond acceptors (Lipinski definition) is 1. The van der Waals surface area contributed by atoms with Crippen LogP contribution in [0.2, 0.25) is 0 Å².